The normalized spacial score (nSPS) is 14.8. The maximum absolute atomic E-state index is 11.5. The van der Waals surface area contributed by atoms with Gasteiger partial charge in [-0.3, -0.25) is 4.90 Å². The SMILES string of the molecule is CC(C)(C)CCNCc1ccc(N2CCOC2=O)cc1.Cl. The highest BCUT2D eigenvalue weighted by Crippen LogP contribution is 2.19. The van der Waals surface area contributed by atoms with Gasteiger partial charge in [0.05, 0.1) is 6.54 Å². The van der Waals surface area contributed by atoms with Crippen molar-refractivity contribution >= 4 is 24.2 Å². The van der Waals surface area contributed by atoms with Crippen molar-refractivity contribution in [1.29, 1.82) is 0 Å². The Labute approximate surface area is 133 Å². The van der Waals surface area contributed by atoms with Crippen molar-refractivity contribution in [2.24, 2.45) is 5.41 Å². The van der Waals surface area contributed by atoms with Crippen molar-refractivity contribution in [2.45, 2.75) is 33.7 Å². The molecule has 1 aliphatic heterocycles. The molecule has 1 aromatic rings. The first-order chi connectivity index (χ1) is 9.46. The third-order valence-corrected chi connectivity index (χ3v) is 3.39. The molecule has 0 spiro atoms. The van der Waals surface area contributed by atoms with Crippen LogP contribution in [0.2, 0.25) is 0 Å². The van der Waals surface area contributed by atoms with Gasteiger partial charge in [0.2, 0.25) is 0 Å². The molecule has 1 aromatic carbocycles. The predicted molar refractivity (Wildman–Crippen MR) is 88.2 cm³/mol. The Kier molecular flexibility index (Phi) is 6.49. The third-order valence-electron chi connectivity index (χ3n) is 3.39. The van der Waals surface area contributed by atoms with E-state index in [2.05, 4.69) is 38.2 Å². The van der Waals surface area contributed by atoms with Crippen LogP contribution in [0.5, 0.6) is 0 Å². The minimum atomic E-state index is -0.249. The van der Waals surface area contributed by atoms with Crippen LogP contribution in [0, 0.1) is 5.41 Å². The van der Waals surface area contributed by atoms with E-state index < -0.39 is 0 Å². The highest BCUT2D eigenvalue weighted by Gasteiger charge is 2.23. The smallest absolute Gasteiger partial charge is 0.414 e. The molecule has 5 heteroatoms. The van der Waals surface area contributed by atoms with Gasteiger partial charge in [0.25, 0.3) is 0 Å². The van der Waals surface area contributed by atoms with Crippen LogP contribution >= 0.6 is 12.4 Å². The summed E-state index contributed by atoms with van der Waals surface area (Å²) < 4.78 is 4.94. The molecular weight excluding hydrogens is 288 g/mol. The molecule has 118 valence electrons. The molecule has 2 rings (SSSR count). The third kappa shape index (κ3) is 5.56. The number of nitrogens with zero attached hydrogens (tertiary/aromatic N) is 1. The Morgan fingerprint density at radius 1 is 1.24 bits per heavy atom. The summed E-state index contributed by atoms with van der Waals surface area (Å²) in [6.07, 6.45) is 0.908. The lowest BCUT2D eigenvalue weighted by molar-refractivity contribution is 0.181. The molecule has 0 aromatic heterocycles. The van der Waals surface area contributed by atoms with E-state index in [0.717, 1.165) is 25.2 Å². The molecule has 1 aliphatic rings. The zero-order chi connectivity index (χ0) is 14.6. The van der Waals surface area contributed by atoms with E-state index in [9.17, 15) is 4.79 Å². The molecule has 0 unspecified atom stereocenters. The molecule has 4 nitrogen and oxygen atoms in total. The first-order valence-corrected chi connectivity index (χ1v) is 7.20. The average molecular weight is 313 g/mol. The van der Waals surface area contributed by atoms with Gasteiger partial charge in [0, 0.05) is 12.2 Å². The van der Waals surface area contributed by atoms with E-state index in [4.69, 9.17) is 4.74 Å². The van der Waals surface area contributed by atoms with Gasteiger partial charge in [0.15, 0.2) is 0 Å². The number of hydrogen-bond acceptors (Lipinski definition) is 3. The maximum atomic E-state index is 11.5. The molecule has 0 aliphatic carbocycles. The van der Waals surface area contributed by atoms with Crippen molar-refractivity contribution < 1.29 is 9.53 Å². The molecule has 21 heavy (non-hydrogen) atoms. The number of cyclic esters (lactones) is 1. The monoisotopic (exact) mass is 312 g/mol. The number of carbonyl (C=O) groups excluding carboxylic acids is 1. The van der Waals surface area contributed by atoms with Crippen LogP contribution < -0.4 is 10.2 Å². The summed E-state index contributed by atoms with van der Waals surface area (Å²) in [6, 6.07) is 8.08. The van der Waals surface area contributed by atoms with Gasteiger partial charge >= 0.3 is 6.09 Å². The molecule has 0 bridgehead atoms. The highest BCUT2D eigenvalue weighted by atomic mass is 35.5. The summed E-state index contributed by atoms with van der Waals surface area (Å²) in [4.78, 5) is 13.1. The molecule has 0 radical (unpaired) electrons. The lowest BCUT2D eigenvalue weighted by Gasteiger charge is -2.18. The van der Waals surface area contributed by atoms with Crippen LogP contribution in [0.3, 0.4) is 0 Å². The van der Waals surface area contributed by atoms with Crippen LogP contribution in [0.15, 0.2) is 24.3 Å². The van der Waals surface area contributed by atoms with Gasteiger partial charge in [-0.25, -0.2) is 4.79 Å². The Morgan fingerprint density at radius 2 is 1.90 bits per heavy atom. The fourth-order valence-corrected chi connectivity index (χ4v) is 2.12. The Morgan fingerprint density at radius 3 is 2.43 bits per heavy atom. The lowest BCUT2D eigenvalue weighted by atomic mass is 9.92. The number of hydrogen-bond donors (Lipinski definition) is 1. The largest absolute Gasteiger partial charge is 0.447 e. The maximum Gasteiger partial charge on any atom is 0.414 e. The fourth-order valence-electron chi connectivity index (χ4n) is 2.12. The first kappa shape index (κ1) is 17.8. The molecule has 1 N–H and O–H groups in total. The van der Waals surface area contributed by atoms with Crippen LogP contribution in [0.25, 0.3) is 0 Å². The number of amides is 1. The summed E-state index contributed by atoms with van der Waals surface area (Å²) in [5.41, 5.74) is 2.51. The first-order valence-electron chi connectivity index (χ1n) is 7.20. The Balaban J connectivity index is 0.00000220. The molecule has 1 saturated heterocycles. The fraction of sp³-hybridized carbons (Fsp3) is 0.562. The van der Waals surface area contributed by atoms with Crippen molar-refractivity contribution in [3.63, 3.8) is 0 Å². The van der Waals surface area contributed by atoms with E-state index in [1.54, 1.807) is 4.90 Å². The van der Waals surface area contributed by atoms with Gasteiger partial charge in [0.1, 0.15) is 6.61 Å². The van der Waals surface area contributed by atoms with Crippen LogP contribution in [0.1, 0.15) is 32.8 Å². The standard InChI is InChI=1S/C16H24N2O2.ClH/c1-16(2,3)8-9-17-12-13-4-6-14(7-5-13)18-10-11-20-15(18)19;/h4-7,17H,8-12H2,1-3H3;1H. The summed E-state index contributed by atoms with van der Waals surface area (Å²) in [6.45, 7) is 9.75. The zero-order valence-corrected chi connectivity index (χ0v) is 13.8. The molecule has 1 heterocycles. The number of ether oxygens (including phenoxy) is 1. The molecule has 1 fully saturated rings. The minimum Gasteiger partial charge on any atom is -0.447 e. The van der Waals surface area contributed by atoms with Gasteiger partial charge in [-0.2, -0.15) is 0 Å². The van der Waals surface area contributed by atoms with Gasteiger partial charge in [-0.15, -0.1) is 12.4 Å². The van der Waals surface area contributed by atoms with Gasteiger partial charge in [-0.05, 0) is 36.1 Å². The van der Waals surface area contributed by atoms with Crippen molar-refractivity contribution in [3.8, 4) is 0 Å². The zero-order valence-electron chi connectivity index (χ0n) is 13.0. The van der Waals surface area contributed by atoms with Gasteiger partial charge in [-0.1, -0.05) is 32.9 Å². The summed E-state index contributed by atoms with van der Waals surface area (Å²) >= 11 is 0. The molecule has 0 saturated carbocycles. The predicted octanol–water partition coefficient (Wildman–Crippen LogP) is 3.59. The van der Waals surface area contributed by atoms with Crippen molar-refractivity contribution in [1.82, 2.24) is 5.32 Å². The average Bonchev–Trinajstić information content (AvgIpc) is 2.81. The van der Waals surface area contributed by atoms with Crippen LogP contribution in [0.4, 0.5) is 10.5 Å². The van der Waals surface area contributed by atoms with Crippen LogP contribution in [-0.4, -0.2) is 25.8 Å². The number of carbonyl (C=O) groups is 1. The number of anilines is 1. The summed E-state index contributed by atoms with van der Waals surface area (Å²) in [7, 11) is 0. The Hall–Kier alpha value is -1.26. The van der Waals surface area contributed by atoms with E-state index >= 15 is 0 Å². The van der Waals surface area contributed by atoms with E-state index in [1.165, 1.54) is 5.56 Å². The van der Waals surface area contributed by atoms with E-state index in [-0.39, 0.29) is 18.5 Å². The second-order valence-electron chi connectivity index (χ2n) is 6.42. The summed E-state index contributed by atoms with van der Waals surface area (Å²) in [5.74, 6) is 0. The second-order valence-corrected chi connectivity index (χ2v) is 6.42. The number of rotatable bonds is 5. The highest BCUT2D eigenvalue weighted by molar-refractivity contribution is 5.89. The summed E-state index contributed by atoms with van der Waals surface area (Å²) in [5, 5.41) is 3.45. The number of benzene rings is 1. The minimum absolute atomic E-state index is 0. The number of halogens is 1. The molecule has 1 amide bonds. The number of nitrogens with one attached hydrogen (secondary N) is 1. The topological polar surface area (TPSA) is 41.6 Å². The lowest BCUT2D eigenvalue weighted by Crippen LogP contribution is -2.23. The second kappa shape index (κ2) is 7.66. The van der Waals surface area contributed by atoms with Crippen molar-refractivity contribution in [2.75, 3.05) is 24.6 Å². The van der Waals surface area contributed by atoms with Gasteiger partial charge < -0.3 is 10.1 Å². The molecular formula is C16H25ClN2O2. The van der Waals surface area contributed by atoms with Crippen LogP contribution in [-0.2, 0) is 11.3 Å². The molecule has 0 atom stereocenters. The Bertz CT molecular complexity index is 454. The van der Waals surface area contributed by atoms with E-state index in [1.807, 2.05) is 12.1 Å². The quantitative estimate of drug-likeness (QED) is 0.845. The van der Waals surface area contributed by atoms with E-state index in [0.29, 0.717) is 18.6 Å². The van der Waals surface area contributed by atoms with Crippen molar-refractivity contribution in [3.05, 3.63) is 29.8 Å².